The van der Waals surface area contributed by atoms with Gasteiger partial charge >= 0.3 is 0 Å². The van der Waals surface area contributed by atoms with Crippen molar-refractivity contribution in [2.75, 3.05) is 22.9 Å². The number of para-hydroxylation sites is 2. The molecule has 3 rings (SSSR count). The largest absolute Gasteiger partial charge is 0.310 e. The number of hydrogen-bond donors (Lipinski definition) is 0. The maximum atomic E-state index is 13.9. The third-order valence-corrected chi connectivity index (χ3v) is 4.43. The number of carbonyl (C=O) groups is 2. The van der Waals surface area contributed by atoms with Crippen molar-refractivity contribution in [3.05, 3.63) is 59.9 Å². The highest BCUT2D eigenvalue weighted by Gasteiger charge is 2.29. The van der Waals surface area contributed by atoms with Crippen molar-refractivity contribution in [3.63, 3.8) is 0 Å². The van der Waals surface area contributed by atoms with Crippen molar-refractivity contribution in [2.24, 2.45) is 5.92 Å². The fraction of sp³-hybridized carbons (Fsp3) is 0.300. The van der Waals surface area contributed by atoms with E-state index in [1.165, 1.54) is 13.0 Å². The first kappa shape index (κ1) is 17.1. The second-order valence-electron chi connectivity index (χ2n) is 6.50. The van der Waals surface area contributed by atoms with Crippen LogP contribution < -0.4 is 9.80 Å². The third-order valence-electron chi connectivity index (χ3n) is 4.43. The van der Waals surface area contributed by atoms with E-state index in [-0.39, 0.29) is 30.0 Å². The van der Waals surface area contributed by atoms with Crippen molar-refractivity contribution in [1.29, 1.82) is 0 Å². The Bertz CT molecular complexity index is 806. The average molecular weight is 340 g/mol. The first-order valence-corrected chi connectivity index (χ1v) is 8.38. The second-order valence-corrected chi connectivity index (χ2v) is 6.50. The van der Waals surface area contributed by atoms with Gasteiger partial charge in [0, 0.05) is 20.0 Å². The zero-order chi connectivity index (χ0) is 18.0. The monoisotopic (exact) mass is 340 g/mol. The molecule has 0 radical (unpaired) electrons. The summed E-state index contributed by atoms with van der Waals surface area (Å²) in [5.74, 6) is -0.490. The van der Waals surface area contributed by atoms with Crippen molar-refractivity contribution in [3.8, 4) is 0 Å². The molecule has 1 atom stereocenters. The number of rotatable bonds is 2. The molecule has 0 saturated carbocycles. The van der Waals surface area contributed by atoms with Gasteiger partial charge in [-0.3, -0.25) is 9.59 Å². The highest BCUT2D eigenvalue weighted by atomic mass is 19.1. The number of halogens is 1. The van der Waals surface area contributed by atoms with E-state index in [0.29, 0.717) is 24.3 Å². The maximum Gasteiger partial charge on any atom is 0.231 e. The van der Waals surface area contributed by atoms with Crippen molar-refractivity contribution < 1.29 is 14.0 Å². The molecule has 0 aliphatic carbocycles. The zero-order valence-electron chi connectivity index (χ0n) is 14.4. The number of benzene rings is 2. The Morgan fingerprint density at radius 3 is 2.20 bits per heavy atom. The smallest absolute Gasteiger partial charge is 0.231 e. The zero-order valence-corrected chi connectivity index (χ0v) is 14.4. The van der Waals surface area contributed by atoms with Gasteiger partial charge in [0.25, 0.3) is 0 Å². The molecule has 0 N–H and O–H groups in total. The van der Waals surface area contributed by atoms with Gasteiger partial charge in [0.1, 0.15) is 5.82 Å². The van der Waals surface area contributed by atoms with Gasteiger partial charge in [0.15, 0.2) is 0 Å². The van der Waals surface area contributed by atoms with Crippen LogP contribution in [0.4, 0.5) is 15.8 Å². The van der Waals surface area contributed by atoms with Gasteiger partial charge in [-0.15, -0.1) is 0 Å². The minimum Gasteiger partial charge on any atom is -0.310 e. The SMILES string of the molecule is CC(=O)N1CC(C)CN(C(=O)Cc2ccccc2F)c2ccccc21. The van der Waals surface area contributed by atoms with Crippen LogP contribution in [0.5, 0.6) is 0 Å². The highest BCUT2D eigenvalue weighted by molar-refractivity contribution is 6.02. The second kappa shape index (κ2) is 7.05. The molecular weight excluding hydrogens is 319 g/mol. The van der Waals surface area contributed by atoms with Crippen LogP contribution >= 0.6 is 0 Å². The molecule has 0 fully saturated rings. The first-order chi connectivity index (χ1) is 12.0. The van der Waals surface area contributed by atoms with E-state index in [0.717, 1.165) is 5.69 Å². The van der Waals surface area contributed by atoms with E-state index in [4.69, 9.17) is 0 Å². The Hall–Kier alpha value is -2.69. The van der Waals surface area contributed by atoms with E-state index in [1.54, 1.807) is 28.0 Å². The van der Waals surface area contributed by atoms with E-state index in [2.05, 4.69) is 0 Å². The number of carbonyl (C=O) groups excluding carboxylic acids is 2. The Balaban J connectivity index is 1.96. The molecule has 0 bridgehead atoms. The van der Waals surface area contributed by atoms with Crippen LogP contribution in [0.2, 0.25) is 0 Å². The molecule has 25 heavy (non-hydrogen) atoms. The first-order valence-electron chi connectivity index (χ1n) is 8.38. The molecule has 2 aromatic rings. The highest BCUT2D eigenvalue weighted by Crippen LogP contribution is 2.34. The lowest BCUT2D eigenvalue weighted by atomic mass is 10.1. The number of anilines is 2. The van der Waals surface area contributed by atoms with Gasteiger partial charge in [-0.2, -0.15) is 0 Å². The summed E-state index contributed by atoms with van der Waals surface area (Å²) in [6.45, 7) is 4.58. The van der Waals surface area contributed by atoms with Gasteiger partial charge in [-0.05, 0) is 29.7 Å². The van der Waals surface area contributed by atoms with Gasteiger partial charge in [0.05, 0.1) is 17.8 Å². The van der Waals surface area contributed by atoms with Crippen LogP contribution in [0, 0.1) is 11.7 Å². The fourth-order valence-electron chi connectivity index (χ4n) is 3.23. The normalized spacial score (nSPS) is 17.0. The lowest BCUT2D eigenvalue weighted by molar-refractivity contribution is -0.118. The molecule has 4 nitrogen and oxygen atoms in total. The minimum atomic E-state index is -0.377. The van der Waals surface area contributed by atoms with E-state index in [1.807, 2.05) is 31.2 Å². The molecule has 1 aliphatic rings. The molecule has 1 heterocycles. The summed E-state index contributed by atoms with van der Waals surface area (Å²) in [6, 6.07) is 13.7. The van der Waals surface area contributed by atoms with Crippen LogP contribution in [-0.2, 0) is 16.0 Å². The average Bonchev–Trinajstić information content (AvgIpc) is 2.74. The van der Waals surface area contributed by atoms with Gasteiger partial charge in [0.2, 0.25) is 11.8 Å². The van der Waals surface area contributed by atoms with Crippen LogP contribution in [0.25, 0.3) is 0 Å². The van der Waals surface area contributed by atoms with Crippen LogP contribution in [-0.4, -0.2) is 24.9 Å². The van der Waals surface area contributed by atoms with Crippen LogP contribution in [0.15, 0.2) is 48.5 Å². The summed E-state index contributed by atoms with van der Waals surface area (Å²) in [6.07, 6.45) is -0.00615. The molecule has 5 heteroatoms. The molecule has 1 unspecified atom stereocenters. The lowest BCUT2D eigenvalue weighted by Crippen LogP contribution is -2.36. The van der Waals surface area contributed by atoms with E-state index < -0.39 is 0 Å². The maximum absolute atomic E-state index is 13.9. The summed E-state index contributed by atoms with van der Waals surface area (Å²) >= 11 is 0. The predicted molar refractivity (Wildman–Crippen MR) is 96.1 cm³/mol. The van der Waals surface area contributed by atoms with Crippen molar-refractivity contribution in [2.45, 2.75) is 20.3 Å². The number of hydrogen-bond acceptors (Lipinski definition) is 2. The summed E-state index contributed by atoms with van der Waals surface area (Å²) in [5, 5.41) is 0. The molecule has 2 amide bonds. The molecular formula is C20H21FN2O2. The number of fused-ring (bicyclic) bond motifs is 1. The Morgan fingerprint density at radius 2 is 1.56 bits per heavy atom. The Morgan fingerprint density at radius 1 is 1.00 bits per heavy atom. The van der Waals surface area contributed by atoms with Crippen LogP contribution in [0.1, 0.15) is 19.4 Å². The number of nitrogens with zero attached hydrogens (tertiary/aromatic N) is 2. The Labute approximate surface area is 146 Å². The van der Waals surface area contributed by atoms with Gasteiger partial charge in [-0.1, -0.05) is 37.3 Å². The standard InChI is InChI=1S/C20H21FN2O2/c1-14-12-22(15(2)24)18-9-5-6-10-19(18)23(13-14)20(25)11-16-7-3-4-8-17(16)21/h3-10,14H,11-13H2,1-2H3. The molecule has 0 spiro atoms. The summed E-state index contributed by atoms with van der Waals surface area (Å²) < 4.78 is 13.9. The molecule has 1 aliphatic heterocycles. The molecule has 0 saturated heterocycles. The predicted octanol–water partition coefficient (Wildman–Crippen LogP) is 3.40. The van der Waals surface area contributed by atoms with E-state index >= 15 is 0 Å². The van der Waals surface area contributed by atoms with Gasteiger partial charge < -0.3 is 9.80 Å². The topological polar surface area (TPSA) is 40.6 Å². The molecule has 2 aromatic carbocycles. The van der Waals surface area contributed by atoms with Crippen LogP contribution in [0.3, 0.4) is 0 Å². The van der Waals surface area contributed by atoms with Crippen molar-refractivity contribution >= 4 is 23.2 Å². The minimum absolute atomic E-state index is 0.00615. The quantitative estimate of drug-likeness (QED) is 0.841. The van der Waals surface area contributed by atoms with E-state index in [9.17, 15) is 14.0 Å². The van der Waals surface area contributed by atoms with Gasteiger partial charge in [-0.25, -0.2) is 4.39 Å². The molecule has 130 valence electrons. The summed E-state index contributed by atoms with van der Waals surface area (Å²) in [5.41, 5.74) is 1.80. The number of amides is 2. The van der Waals surface area contributed by atoms with Crippen molar-refractivity contribution in [1.82, 2.24) is 0 Å². The Kier molecular flexibility index (Phi) is 4.83. The summed E-state index contributed by atoms with van der Waals surface area (Å²) in [4.78, 5) is 28.3. The fourth-order valence-corrected chi connectivity index (χ4v) is 3.23. The third kappa shape index (κ3) is 3.55. The summed E-state index contributed by atoms with van der Waals surface area (Å²) in [7, 11) is 0. The lowest BCUT2D eigenvalue weighted by Gasteiger charge is -2.25. The molecule has 0 aromatic heterocycles.